The van der Waals surface area contributed by atoms with E-state index in [1.54, 1.807) is 46.6 Å². The van der Waals surface area contributed by atoms with Crippen molar-refractivity contribution in [1.82, 2.24) is 40.1 Å². The normalized spacial score (nSPS) is 16.3. The number of rotatable bonds is 37. The van der Waals surface area contributed by atoms with Crippen LogP contribution in [0.4, 0.5) is 0 Å². The molecule has 0 unspecified atom stereocenters. The van der Waals surface area contributed by atoms with Gasteiger partial charge < -0.3 is 30.1 Å². The molecule has 0 spiro atoms. The van der Waals surface area contributed by atoms with Gasteiger partial charge in [0.15, 0.2) is 11.6 Å². The number of aryl methyl sites for hydroxylation is 3. The number of piperidine rings is 1. The zero-order chi connectivity index (χ0) is 68.6. The number of carbonyl (C=O) groups excluding carboxylic acids is 5. The summed E-state index contributed by atoms with van der Waals surface area (Å²) in [7, 11) is 0. The minimum atomic E-state index is -0.603. The number of carbonyl (C=O) groups is 5. The van der Waals surface area contributed by atoms with Gasteiger partial charge in [-0.2, -0.15) is 0 Å². The summed E-state index contributed by atoms with van der Waals surface area (Å²) < 4.78 is 8.01. The van der Waals surface area contributed by atoms with Crippen molar-refractivity contribution < 1.29 is 28.7 Å². The Morgan fingerprint density at radius 1 is 0.639 bits per heavy atom. The number of ketones is 3. The van der Waals surface area contributed by atoms with Crippen LogP contribution in [-0.4, -0.2) is 149 Å². The van der Waals surface area contributed by atoms with Crippen LogP contribution in [0.15, 0.2) is 107 Å². The Morgan fingerprint density at radius 3 is 1.88 bits per heavy atom. The Balaban J connectivity index is 0.566. The molecular weight excluding hydrogens is 1320 g/mol. The van der Waals surface area contributed by atoms with E-state index in [1.807, 2.05) is 86.6 Å². The highest BCUT2D eigenvalue weighted by molar-refractivity contribution is 7.15. The lowest BCUT2D eigenvalue weighted by Gasteiger charge is -2.34. The molecule has 5 heterocycles. The highest BCUT2D eigenvalue weighted by Gasteiger charge is 2.35. The van der Waals surface area contributed by atoms with Gasteiger partial charge in [-0.15, -0.1) is 21.5 Å². The number of nitrogens with zero attached hydrogens (tertiary/aromatic N) is 7. The first kappa shape index (κ1) is 75.0. The first-order chi connectivity index (χ1) is 47.0. The van der Waals surface area contributed by atoms with Crippen molar-refractivity contribution in [3.8, 4) is 5.00 Å². The number of hydrogen-bond acceptors (Lipinski definition) is 13. The third-order valence-corrected chi connectivity index (χ3v) is 21.3. The minimum absolute atomic E-state index is 0.0281. The monoisotopic (exact) mass is 1410 g/mol. The van der Waals surface area contributed by atoms with E-state index < -0.39 is 12.1 Å². The summed E-state index contributed by atoms with van der Waals surface area (Å²) >= 11 is 27.0. The van der Waals surface area contributed by atoms with E-state index in [2.05, 4.69) is 49.0 Å². The second-order valence-corrected chi connectivity index (χ2v) is 29.0. The first-order valence-electron chi connectivity index (χ1n) is 34.9. The van der Waals surface area contributed by atoms with Crippen molar-refractivity contribution >= 4 is 105 Å². The van der Waals surface area contributed by atoms with Crippen molar-refractivity contribution in [2.45, 2.75) is 162 Å². The molecule has 0 aliphatic carbocycles. The Morgan fingerprint density at radius 2 is 1.23 bits per heavy atom. The summed E-state index contributed by atoms with van der Waals surface area (Å²) in [5.74, 6) is 1.81. The molecule has 3 aliphatic rings. The molecule has 0 radical (unpaired) electrons. The Bertz CT molecular complexity index is 3660. The lowest BCUT2D eigenvalue weighted by Crippen LogP contribution is -2.52. The van der Waals surface area contributed by atoms with E-state index in [0.717, 1.165) is 135 Å². The molecule has 4 aromatic carbocycles. The number of thiophene rings is 1. The van der Waals surface area contributed by atoms with Gasteiger partial charge >= 0.3 is 0 Å². The second-order valence-electron chi connectivity index (χ2n) is 26.2. The minimum Gasteiger partial charge on any atom is -0.378 e. The summed E-state index contributed by atoms with van der Waals surface area (Å²) in [6, 6.07) is 27.4. The van der Waals surface area contributed by atoms with Gasteiger partial charge in [0.1, 0.15) is 28.4 Å². The van der Waals surface area contributed by atoms with Crippen molar-refractivity contribution in [1.29, 1.82) is 0 Å². The maximum absolute atomic E-state index is 14.6. The van der Waals surface area contributed by atoms with Crippen molar-refractivity contribution in [3.05, 3.63) is 178 Å². The number of ether oxygens (including phenoxy) is 1. The second kappa shape index (κ2) is 38.4. The third-order valence-electron chi connectivity index (χ3n) is 18.7. The number of piperazine rings is 1. The molecule has 20 heteroatoms. The number of aliphatic imine (C=N–C) groups is 1. The molecule has 2 amide bonds. The summed E-state index contributed by atoms with van der Waals surface area (Å²) in [5, 5.41) is 18.5. The summed E-state index contributed by atoms with van der Waals surface area (Å²) in [4.78, 5) is 80.8. The summed E-state index contributed by atoms with van der Waals surface area (Å²) in [6.07, 6.45) is 20.5. The predicted octanol–water partition coefficient (Wildman–Crippen LogP) is 15.8. The molecule has 2 saturated heterocycles. The fourth-order valence-corrected chi connectivity index (χ4v) is 14.8. The molecule has 2 fully saturated rings. The molecule has 518 valence electrons. The molecule has 9 rings (SSSR count). The van der Waals surface area contributed by atoms with Gasteiger partial charge in [0.25, 0.3) is 0 Å². The van der Waals surface area contributed by atoms with Crippen LogP contribution in [0.5, 0.6) is 0 Å². The van der Waals surface area contributed by atoms with Crippen LogP contribution in [0.25, 0.3) is 17.2 Å². The Hall–Kier alpha value is -6.18. The van der Waals surface area contributed by atoms with Gasteiger partial charge in [-0.1, -0.05) is 158 Å². The van der Waals surface area contributed by atoms with Gasteiger partial charge in [0.05, 0.1) is 35.0 Å². The zero-order valence-electron chi connectivity index (χ0n) is 56.9. The summed E-state index contributed by atoms with van der Waals surface area (Å²) in [6.45, 7) is 15.8. The lowest BCUT2D eigenvalue weighted by atomic mass is 9.93. The average Bonchev–Trinajstić information content (AvgIpc) is 1.59. The van der Waals surface area contributed by atoms with Crippen LogP contribution in [0.1, 0.15) is 177 Å². The molecule has 6 aromatic rings. The van der Waals surface area contributed by atoms with E-state index in [4.69, 9.17) is 56.1 Å². The van der Waals surface area contributed by atoms with Gasteiger partial charge in [-0.3, -0.25) is 33.5 Å². The average molecular weight is 1420 g/mol. The number of aromatic nitrogens is 3. The highest BCUT2D eigenvalue weighted by Crippen LogP contribution is 2.40. The van der Waals surface area contributed by atoms with Gasteiger partial charge in [0, 0.05) is 122 Å². The van der Waals surface area contributed by atoms with Crippen LogP contribution >= 0.6 is 57.7 Å². The lowest BCUT2D eigenvalue weighted by molar-refractivity contribution is -0.133. The molecule has 0 saturated carbocycles. The van der Waals surface area contributed by atoms with Crippen LogP contribution in [0.2, 0.25) is 20.1 Å². The van der Waals surface area contributed by atoms with Crippen molar-refractivity contribution in [2.75, 3.05) is 78.7 Å². The maximum Gasteiger partial charge on any atom is 0.240 e. The predicted molar refractivity (Wildman–Crippen MR) is 395 cm³/mol. The molecule has 0 bridgehead atoms. The molecule has 2 atom stereocenters. The molecule has 97 heavy (non-hydrogen) atoms. The van der Waals surface area contributed by atoms with Gasteiger partial charge in [0.2, 0.25) is 11.8 Å². The van der Waals surface area contributed by atoms with E-state index in [9.17, 15) is 24.0 Å². The van der Waals surface area contributed by atoms with E-state index in [1.165, 1.54) is 42.5 Å². The van der Waals surface area contributed by atoms with Crippen LogP contribution < -0.4 is 10.6 Å². The first-order valence-corrected chi connectivity index (χ1v) is 37.2. The van der Waals surface area contributed by atoms with E-state index >= 15 is 0 Å². The number of amides is 2. The molecule has 2 N–H and O–H groups in total. The fraction of sp³-hybridized carbons (Fsp3) is 0.481. The summed E-state index contributed by atoms with van der Waals surface area (Å²) in [5.41, 5.74) is 8.36. The molecular formula is C77H95Cl4N9O6S. The number of hydrogen-bond donors (Lipinski definition) is 2. The quantitative estimate of drug-likeness (QED) is 0.0281. The molecule has 3 aliphatic heterocycles. The topological polar surface area (TPSA) is 171 Å². The van der Waals surface area contributed by atoms with Crippen LogP contribution in [0.3, 0.4) is 0 Å². The standard InChI is InChI=1S/C77H95Cl4N9O6S/c1-53-27-28-58(47-67(53)80)45-61-51-89(52-62(74(61)94)46-59-29-34-66(79)68(81)48-59)76(95)70(49-57-21-14-13-15-22-57)82-35-43-96-44-36-83-71(93)26-17-12-10-8-6-5-7-9-11-16-23-64(91)24-18-19-37-87-39-41-88(42-40-87)38-20-25-65(92)50-69-75-86-85-56(4)90(75)77-72(54(2)55(3)97-77)73(84-69)60-30-32-63(78)33-31-60/h13-15,21-22,27-34,45-48,69-70,82H,5-12,16-20,23-26,35-44,49-52H2,1-4H3,(H,83,93)/b61-45+,62-46+/t69-,70-/m0/s1. The molecule has 2 aromatic heterocycles. The number of Topliss-reactive ketones (excluding diaryl/α,β-unsaturated/α-hetero) is 3. The molecule has 15 nitrogen and oxygen atoms in total. The third kappa shape index (κ3) is 22.7. The smallest absolute Gasteiger partial charge is 0.240 e. The largest absolute Gasteiger partial charge is 0.378 e. The number of unbranched alkanes of at least 4 members (excludes halogenated alkanes) is 10. The number of nitrogens with one attached hydrogen (secondary N) is 2. The zero-order valence-corrected chi connectivity index (χ0v) is 60.7. The Kier molecular flexibility index (Phi) is 29.7. The highest BCUT2D eigenvalue weighted by atomic mass is 35.5. The van der Waals surface area contributed by atoms with Crippen molar-refractivity contribution in [3.63, 3.8) is 0 Å². The van der Waals surface area contributed by atoms with Crippen molar-refractivity contribution in [2.24, 2.45) is 4.99 Å². The Labute approximate surface area is 597 Å². The van der Waals surface area contributed by atoms with E-state index in [-0.39, 0.29) is 42.9 Å². The number of likely N-dealkylation sites (tertiary alicyclic amines) is 1. The number of fused-ring (bicyclic) bond motifs is 3. The van der Waals surface area contributed by atoms with Crippen LogP contribution in [0, 0.1) is 27.7 Å². The number of halogens is 4. The number of benzene rings is 4. The van der Waals surface area contributed by atoms with Gasteiger partial charge in [-0.25, -0.2) is 0 Å². The van der Waals surface area contributed by atoms with E-state index in [0.29, 0.717) is 107 Å². The maximum atomic E-state index is 14.6. The van der Waals surface area contributed by atoms with Crippen LogP contribution in [-0.2, 0) is 35.1 Å². The SMILES string of the molecule is Cc1ccc(/C=C2\CN(C(=O)[C@H](Cc3ccccc3)NCCOCCNC(=O)CCCCCCCCCCCCC(=O)CCCCN3CCN(CCCC(=O)C[C@@H]4N=C(c5ccc(Cl)cc5)c5c(sc(C)c5C)-n5c(C)nnc54)CC3)C/C(=C\c3ccc(Cl)c(Cl)c3)C2=O)cc1Cl. The van der Waals surface area contributed by atoms with Gasteiger partial charge in [-0.05, 0) is 150 Å². The fourth-order valence-electron chi connectivity index (χ4n) is 13.0.